The topological polar surface area (TPSA) is 63.3 Å². The third-order valence-corrected chi connectivity index (χ3v) is 2.83. The Morgan fingerprint density at radius 2 is 2.06 bits per heavy atom. The van der Waals surface area contributed by atoms with Gasteiger partial charge >= 0.3 is 5.97 Å². The number of oxazole rings is 1. The largest absolute Gasteiger partial charge is 0.481 e. The number of hydrogen-bond donors (Lipinski definition) is 1. The van der Waals surface area contributed by atoms with Crippen LogP contribution < -0.4 is 0 Å². The summed E-state index contributed by atoms with van der Waals surface area (Å²) in [4.78, 5) is 15.0. The molecule has 1 aromatic heterocycles. The van der Waals surface area contributed by atoms with E-state index in [4.69, 9.17) is 9.52 Å². The fraction of sp³-hybridized carbons (Fsp3) is 0.286. The van der Waals surface area contributed by atoms with Crippen molar-refractivity contribution in [2.24, 2.45) is 0 Å². The molecule has 1 aromatic carbocycles. The average molecular weight is 245 g/mol. The molecule has 0 atom stereocenters. The van der Waals surface area contributed by atoms with Crippen molar-refractivity contribution in [3.63, 3.8) is 0 Å². The number of nitrogens with zero attached hydrogens (tertiary/aromatic N) is 1. The van der Waals surface area contributed by atoms with Crippen molar-refractivity contribution < 1.29 is 14.3 Å². The number of rotatable bonds is 3. The molecule has 0 fully saturated rings. The Kier molecular flexibility index (Phi) is 3.19. The van der Waals surface area contributed by atoms with Gasteiger partial charge < -0.3 is 9.52 Å². The van der Waals surface area contributed by atoms with Crippen molar-refractivity contribution in [2.75, 3.05) is 0 Å². The smallest absolute Gasteiger partial charge is 0.311 e. The summed E-state index contributed by atoms with van der Waals surface area (Å²) in [5.74, 6) is -0.00915. The van der Waals surface area contributed by atoms with Gasteiger partial charge in [0.15, 0.2) is 0 Å². The third kappa shape index (κ3) is 2.42. The van der Waals surface area contributed by atoms with E-state index >= 15 is 0 Å². The van der Waals surface area contributed by atoms with Crippen LogP contribution in [0.1, 0.15) is 22.6 Å². The molecule has 1 heterocycles. The number of aliphatic carboxylic acids is 1. The summed E-state index contributed by atoms with van der Waals surface area (Å²) in [5.41, 5.74) is 3.72. The number of carboxylic acid groups (broad SMARTS) is 1. The van der Waals surface area contributed by atoms with E-state index in [0.29, 0.717) is 17.3 Å². The molecule has 0 saturated heterocycles. The molecule has 0 aliphatic heterocycles. The van der Waals surface area contributed by atoms with E-state index in [1.807, 2.05) is 32.0 Å². The fourth-order valence-electron chi connectivity index (χ4n) is 1.81. The minimum Gasteiger partial charge on any atom is -0.481 e. The predicted molar refractivity (Wildman–Crippen MR) is 67.5 cm³/mol. The van der Waals surface area contributed by atoms with Gasteiger partial charge in [0.1, 0.15) is 12.2 Å². The van der Waals surface area contributed by atoms with Crippen LogP contribution in [-0.2, 0) is 11.2 Å². The maximum absolute atomic E-state index is 10.7. The lowest BCUT2D eigenvalue weighted by atomic mass is 10.1. The van der Waals surface area contributed by atoms with Crippen molar-refractivity contribution in [2.45, 2.75) is 27.2 Å². The van der Waals surface area contributed by atoms with E-state index in [0.717, 1.165) is 16.7 Å². The van der Waals surface area contributed by atoms with Crippen LogP contribution in [0.5, 0.6) is 0 Å². The molecule has 4 heteroatoms. The quantitative estimate of drug-likeness (QED) is 0.903. The summed E-state index contributed by atoms with van der Waals surface area (Å²) in [6.45, 7) is 5.73. The van der Waals surface area contributed by atoms with Gasteiger partial charge in [-0.15, -0.1) is 0 Å². The van der Waals surface area contributed by atoms with E-state index < -0.39 is 5.97 Å². The minimum absolute atomic E-state index is 0.135. The van der Waals surface area contributed by atoms with E-state index in [1.165, 1.54) is 0 Å². The van der Waals surface area contributed by atoms with Gasteiger partial charge in [-0.3, -0.25) is 4.79 Å². The Labute approximate surface area is 105 Å². The second kappa shape index (κ2) is 4.64. The number of aryl methyl sites for hydroxylation is 3. The van der Waals surface area contributed by atoms with Gasteiger partial charge in [0.25, 0.3) is 0 Å². The third-order valence-electron chi connectivity index (χ3n) is 2.83. The van der Waals surface area contributed by atoms with Gasteiger partial charge in [-0.2, -0.15) is 0 Å². The Hall–Kier alpha value is -2.10. The van der Waals surface area contributed by atoms with Gasteiger partial charge in [-0.25, -0.2) is 4.98 Å². The Morgan fingerprint density at radius 1 is 1.33 bits per heavy atom. The standard InChI is InChI=1S/C14H15NO3/c1-8-4-5-9(2)11(6-8)14-15-10(3)12(18-14)7-13(16)17/h4-6H,7H2,1-3H3,(H,16,17). The number of aromatic nitrogens is 1. The van der Waals surface area contributed by atoms with E-state index in [9.17, 15) is 4.79 Å². The molecule has 0 amide bonds. The predicted octanol–water partition coefficient (Wildman–Crippen LogP) is 2.89. The van der Waals surface area contributed by atoms with Gasteiger partial charge in [0.05, 0.1) is 5.69 Å². The number of hydrogen-bond acceptors (Lipinski definition) is 3. The van der Waals surface area contributed by atoms with Gasteiger partial charge in [0.2, 0.25) is 5.89 Å². The number of benzene rings is 1. The van der Waals surface area contributed by atoms with Crippen LogP contribution in [0.4, 0.5) is 0 Å². The normalized spacial score (nSPS) is 10.6. The second-order valence-corrected chi connectivity index (χ2v) is 4.42. The zero-order valence-corrected chi connectivity index (χ0v) is 10.7. The molecule has 0 spiro atoms. The van der Waals surface area contributed by atoms with Crippen molar-refractivity contribution in [1.82, 2.24) is 4.98 Å². The highest BCUT2D eigenvalue weighted by Gasteiger charge is 2.15. The first-order valence-electron chi connectivity index (χ1n) is 5.73. The van der Waals surface area contributed by atoms with Crippen molar-refractivity contribution in [1.29, 1.82) is 0 Å². The molecule has 94 valence electrons. The van der Waals surface area contributed by atoms with Crippen LogP contribution in [0.3, 0.4) is 0 Å². The molecule has 0 bridgehead atoms. The van der Waals surface area contributed by atoms with E-state index in [2.05, 4.69) is 4.98 Å². The van der Waals surface area contributed by atoms with Gasteiger partial charge in [-0.1, -0.05) is 17.7 Å². The molecule has 0 aliphatic rings. The zero-order valence-electron chi connectivity index (χ0n) is 10.7. The summed E-state index contributed by atoms with van der Waals surface area (Å²) in [6, 6.07) is 6.01. The SMILES string of the molecule is Cc1ccc(C)c(-c2nc(C)c(CC(=O)O)o2)c1. The monoisotopic (exact) mass is 245 g/mol. The first kappa shape index (κ1) is 12.4. The summed E-state index contributed by atoms with van der Waals surface area (Å²) in [6.07, 6.45) is -0.135. The van der Waals surface area contributed by atoms with Crippen LogP contribution in [0.15, 0.2) is 22.6 Å². The van der Waals surface area contributed by atoms with Crippen LogP contribution in [0.25, 0.3) is 11.5 Å². The van der Waals surface area contributed by atoms with Crippen molar-refractivity contribution in [3.8, 4) is 11.5 Å². The maximum Gasteiger partial charge on any atom is 0.311 e. The number of carboxylic acids is 1. The fourth-order valence-corrected chi connectivity index (χ4v) is 1.81. The van der Waals surface area contributed by atoms with Crippen LogP contribution in [-0.4, -0.2) is 16.1 Å². The molecular weight excluding hydrogens is 230 g/mol. The van der Waals surface area contributed by atoms with Crippen LogP contribution in [0, 0.1) is 20.8 Å². The zero-order chi connectivity index (χ0) is 13.3. The summed E-state index contributed by atoms with van der Waals surface area (Å²) < 4.78 is 5.56. The molecule has 2 aromatic rings. The first-order valence-corrected chi connectivity index (χ1v) is 5.73. The van der Waals surface area contributed by atoms with Crippen LogP contribution in [0.2, 0.25) is 0 Å². The van der Waals surface area contributed by atoms with E-state index in [1.54, 1.807) is 6.92 Å². The highest BCUT2D eigenvalue weighted by atomic mass is 16.4. The van der Waals surface area contributed by atoms with Crippen LogP contribution >= 0.6 is 0 Å². The number of carbonyl (C=O) groups is 1. The summed E-state index contributed by atoms with van der Waals surface area (Å²) in [7, 11) is 0. The summed E-state index contributed by atoms with van der Waals surface area (Å²) >= 11 is 0. The van der Waals surface area contributed by atoms with Gasteiger partial charge in [-0.05, 0) is 32.4 Å². The Bertz CT molecular complexity index is 599. The lowest BCUT2D eigenvalue weighted by Gasteiger charge is -2.02. The lowest BCUT2D eigenvalue weighted by Crippen LogP contribution is -1.99. The molecule has 18 heavy (non-hydrogen) atoms. The highest BCUT2D eigenvalue weighted by molar-refractivity contribution is 5.70. The summed E-state index contributed by atoms with van der Waals surface area (Å²) in [5, 5.41) is 8.78. The molecule has 0 saturated carbocycles. The Morgan fingerprint density at radius 3 is 2.72 bits per heavy atom. The molecule has 2 rings (SSSR count). The molecule has 0 radical (unpaired) electrons. The highest BCUT2D eigenvalue weighted by Crippen LogP contribution is 2.26. The molecule has 1 N–H and O–H groups in total. The van der Waals surface area contributed by atoms with Gasteiger partial charge in [0, 0.05) is 5.56 Å². The van der Waals surface area contributed by atoms with Crippen molar-refractivity contribution >= 4 is 5.97 Å². The molecular formula is C14H15NO3. The molecule has 4 nitrogen and oxygen atoms in total. The van der Waals surface area contributed by atoms with Crippen molar-refractivity contribution in [3.05, 3.63) is 40.8 Å². The first-order chi connectivity index (χ1) is 8.47. The lowest BCUT2D eigenvalue weighted by molar-refractivity contribution is -0.136. The second-order valence-electron chi connectivity index (χ2n) is 4.42. The van der Waals surface area contributed by atoms with E-state index in [-0.39, 0.29) is 6.42 Å². The maximum atomic E-state index is 10.7. The minimum atomic E-state index is -0.915. The molecule has 0 aliphatic carbocycles. The average Bonchev–Trinajstić information content (AvgIpc) is 2.63. The molecule has 0 unspecified atom stereocenters. The Balaban J connectivity index is 2.45.